The number of amides is 1. The molecule has 1 aliphatic heterocycles. The summed E-state index contributed by atoms with van der Waals surface area (Å²) in [5, 5.41) is 19.9. The van der Waals surface area contributed by atoms with Crippen LogP contribution in [-0.4, -0.2) is 39.1 Å². The lowest BCUT2D eigenvalue weighted by Gasteiger charge is -2.03. The van der Waals surface area contributed by atoms with Crippen molar-refractivity contribution in [2.45, 2.75) is 0 Å². The van der Waals surface area contributed by atoms with Crippen LogP contribution in [0.25, 0.3) is 11.1 Å². The number of pyridine rings is 1. The molecular formula is C16H12N4O3S. The zero-order valence-corrected chi connectivity index (χ0v) is 13.2. The van der Waals surface area contributed by atoms with Crippen LogP contribution in [0.2, 0.25) is 0 Å². The SMILES string of the molecule is O=C1CSC(=NN=Cc2ccc(-c3cncc(C(=O)O)c3)cc2)N1. The molecule has 8 heteroatoms. The molecule has 0 aliphatic carbocycles. The van der Waals surface area contributed by atoms with Gasteiger partial charge in [-0.15, -0.1) is 5.10 Å². The standard InChI is InChI=1S/C16H12N4O3S/c21-14-9-24-16(19-14)20-18-6-10-1-3-11(4-2-10)12-5-13(15(22)23)8-17-7-12/h1-8H,9H2,(H,22,23)(H,19,20,21). The van der Waals surface area contributed by atoms with Crippen LogP contribution in [0.4, 0.5) is 0 Å². The van der Waals surface area contributed by atoms with Crippen LogP contribution < -0.4 is 5.32 Å². The molecule has 1 aliphatic rings. The van der Waals surface area contributed by atoms with E-state index < -0.39 is 5.97 Å². The minimum Gasteiger partial charge on any atom is -0.478 e. The molecule has 1 saturated heterocycles. The number of amidine groups is 1. The van der Waals surface area contributed by atoms with Gasteiger partial charge in [0.1, 0.15) is 0 Å². The first-order valence-electron chi connectivity index (χ1n) is 6.94. The summed E-state index contributed by atoms with van der Waals surface area (Å²) in [6.07, 6.45) is 4.50. The monoisotopic (exact) mass is 340 g/mol. The zero-order chi connectivity index (χ0) is 16.9. The van der Waals surface area contributed by atoms with Crippen LogP contribution in [0.15, 0.2) is 52.9 Å². The third-order valence-corrected chi connectivity index (χ3v) is 4.03. The third kappa shape index (κ3) is 3.85. The normalized spacial score (nSPS) is 15.8. The van der Waals surface area contributed by atoms with E-state index in [0.717, 1.165) is 16.7 Å². The molecular weight excluding hydrogens is 328 g/mol. The van der Waals surface area contributed by atoms with E-state index in [-0.39, 0.29) is 11.5 Å². The molecule has 1 aromatic carbocycles. The molecule has 1 amide bonds. The molecule has 7 nitrogen and oxygen atoms in total. The van der Waals surface area contributed by atoms with Crippen LogP contribution in [0.3, 0.4) is 0 Å². The average Bonchev–Trinajstić information content (AvgIpc) is 3.01. The molecule has 24 heavy (non-hydrogen) atoms. The largest absolute Gasteiger partial charge is 0.478 e. The van der Waals surface area contributed by atoms with Crippen molar-refractivity contribution >= 4 is 35.0 Å². The van der Waals surface area contributed by atoms with Crippen molar-refractivity contribution in [1.82, 2.24) is 10.3 Å². The molecule has 0 spiro atoms. The molecule has 0 unspecified atom stereocenters. The van der Waals surface area contributed by atoms with E-state index in [4.69, 9.17) is 5.11 Å². The molecule has 2 aromatic rings. The first-order valence-corrected chi connectivity index (χ1v) is 7.93. The van der Waals surface area contributed by atoms with Gasteiger partial charge >= 0.3 is 5.97 Å². The topological polar surface area (TPSA) is 104 Å². The summed E-state index contributed by atoms with van der Waals surface area (Å²) in [6, 6.07) is 8.95. The van der Waals surface area contributed by atoms with Gasteiger partial charge in [-0.2, -0.15) is 5.10 Å². The number of carboxylic acids is 1. The maximum absolute atomic E-state index is 11.0. The maximum atomic E-state index is 11.0. The van der Waals surface area contributed by atoms with Crippen LogP contribution in [0, 0.1) is 0 Å². The van der Waals surface area contributed by atoms with Crippen molar-refractivity contribution in [2.75, 3.05) is 5.75 Å². The Morgan fingerprint density at radius 2 is 2.04 bits per heavy atom. The Kier molecular flexibility index (Phi) is 4.66. The third-order valence-electron chi connectivity index (χ3n) is 3.17. The van der Waals surface area contributed by atoms with Crippen LogP contribution in [-0.2, 0) is 4.79 Å². The Hall–Kier alpha value is -3.00. The Morgan fingerprint density at radius 3 is 2.71 bits per heavy atom. The van der Waals surface area contributed by atoms with Crippen molar-refractivity contribution < 1.29 is 14.7 Å². The predicted octanol–water partition coefficient (Wildman–Crippen LogP) is 2.00. The van der Waals surface area contributed by atoms with E-state index in [2.05, 4.69) is 20.5 Å². The van der Waals surface area contributed by atoms with E-state index >= 15 is 0 Å². The molecule has 1 aromatic heterocycles. The summed E-state index contributed by atoms with van der Waals surface area (Å²) in [6.45, 7) is 0. The summed E-state index contributed by atoms with van der Waals surface area (Å²) < 4.78 is 0. The van der Waals surface area contributed by atoms with Gasteiger partial charge in [-0.3, -0.25) is 9.78 Å². The number of thioether (sulfide) groups is 1. The highest BCUT2D eigenvalue weighted by molar-refractivity contribution is 8.15. The van der Waals surface area contributed by atoms with Gasteiger partial charge in [0.25, 0.3) is 0 Å². The number of hydrogen-bond donors (Lipinski definition) is 2. The zero-order valence-electron chi connectivity index (χ0n) is 12.3. The van der Waals surface area contributed by atoms with Gasteiger partial charge in [-0.05, 0) is 17.2 Å². The lowest BCUT2D eigenvalue weighted by molar-refractivity contribution is -0.116. The Balaban J connectivity index is 1.72. The van der Waals surface area contributed by atoms with Crippen LogP contribution in [0.1, 0.15) is 15.9 Å². The number of nitrogens with one attached hydrogen (secondary N) is 1. The van der Waals surface area contributed by atoms with Gasteiger partial charge < -0.3 is 10.4 Å². The molecule has 2 N–H and O–H groups in total. The van der Waals surface area contributed by atoms with E-state index in [1.165, 1.54) is 18.0 Å². The van der Waals surface area contributed by atoms with Gasteiger partial charge in [-0.1, -0.05) is 36.0 Å². The number of benzene rings is 1. The summed E-state index contributed by atoms with van der Waals surface area (Å²) >= 11 is 1.31. The van der Waals surface area contributed by atoms with Crippen LogP contribution in [0.5, 0.6) is 0 Å². The van der Waals surface area contributed by atoms with Crippen molar-refractivity contribution in [3.63, 3.8) is 0 Å². The first kappa shape index (κ1) is 15.9. The number of carbonyl (C=O) groups is 2. The smallest absolute Gasteiger partial charge is 0.337 e. The van der Waals surface area contributed by atoms with Crippen molar-refractivity contribution in [1.29, 1.82) is 0 Å². The second-order valence-electron chi connectivity index (χ2n) is 4.88. The highest BCUT2D eigenvalue weighted by Crippen LogP contribution is 2.19. The average molecular weight is 340 g/mol. The molecule has 0 atom stereocenters. The van der Waals surface area contributed by atoms with Crippen molar-refractivity contribution in [3.8, 4) is 11.1 Å². The van der Waals surface area contributed by atoms with E-state index in [0.29, 0.717) is 10.9 Å². The Morgan fingerprint density at radius 1 is 1.25 bits per heavy atom. The minimum atomic E-state index is -1.01. The van der Waals surface area contributed by atoms with E-state index in [9.17, 15) is 9.59 Å². The summed E-state index contributed by atoms with van der Waals surface area (Å²) in [5.41, 5.74) is 2.56. The summed E-state index contributed by atoms with van der Waals surface area (Å²) in [4.78, 5) is 25.9. The van der Waals surface area contributed by atoms with Crippen molar-refractivity contribution in [2.24, 2.45) is 10.2 Å². The molecule has 0 bridgehead atoms. The van der Waals surface area contributed by atoms with Gasteiger partial charge in [0.05, 0.1) is 17.5 Å². The molecule has 0 radical (unpaired) electrons. The number of rotatable bonds is 4. The van der Waals surface area contributed by atoms with Gasteiger partial charge in [0.15, 0.2) is 5.17 Å². The van der Waals surface area contributed by atoms with Crippen molar-refractivity contribution in [3.05, 3.63) is 53.9 Å². The van der Waals surface area contributed by atoms with E-state index in [1.807, 2.05) is 24.3 Å². The molecule has 3 rings (SSSR count). The number of carbonyl (C=O) groups excluding carboxylic acids is 1. The van der Waals surface area contributed by atoms with Crippen LogP contribution >= 0.6 is 11.8 Å². The van der Waals surface area contributed by atoms with Gasteiger partial charge in [0, 0.05) is 18.0 Å². The molecule has 1 fully saturated rings. The first-order chi connectivity index (χ1) is 11.6. The highest BCUT2D eigenvalue weighted by atomic mass is 32.2. The molecule has 0 saturated carbocycles. The Labute approximate surface area is 141 Å². The number of nitrogens with zero attached hydrogens (tertiary/aromatic N) is 3. The fourth-order valence-electron chi connectivity index (χ4n) is 2.00. The molecule has 2 heterocycles. The number of aromatic carboxylic acids is 1. The number of carboxylic acid groups (broad SMARTS) is 1. The van der Waals surface area contributed by atoms with E-state index in [1.54, 1.807) is 18.5 Å². The predicted molar refractivity (Wildman–Crippen MR) is 92.3 cm³/mol. The Bertz CT molecular complexity index is 847. The lowest BCUT2D eigenvalue weighted by Crippen LogP contribution is -2.19. The molecule has 120 valence electrons. The fraction of sp³-hybridized carbons (Fsp3) is 0.0625. The fourth-order valence-corrected chi connectivity index (χ4v) is 2.63. The highest BCUT2D eigenvalue weighted by Gasteiger charge is 2.15. The summed E-state index contributed by atoms with van der Waals surface area (Å²) in [7, 11) is 0. The second kappa shape index (κ2) is 7.05. The minimum absolute atomic E-state index is 0.0736. The number of hydrogen-bond acceptors (Lipinski definition) is 6. The van der Waals surface area contributed by atoms with Gasteiger partial charge in [-0.25, -0.2) is 4.79 Å². The number of aromatic nitrogens is 1. The maximum Gasteiger partial charge on any atom is 0.337 e. The van der Waals surface area contributed by atoms with Gasteiger partial charge in [0.2, 0.25) is 5.91 Å². The quantitative estimate of drug-likeness (QED) is 0.654. The lowest BCUT2D eigenvalue weighted by atomic mass is 10.0. The summed E-state index contributed by atoms with van der Waals surface area (Å²) in [5.74, 6) is -0.716. The second-order valence-corrected chi connectivity index (χ2v) is 5.84.